The standard InChI is InChI=1S/C19H21FN2O3/c1-10-5-6-21(9-10)17-11(2)16-12(8-15(17)20)7-14(19(24)25)18(23)22(16)13-3-4-13/h7-8,10,13H,3-6,9H2,1-2H3,(H,24,25). The first kappa shape index (κ1) is 16.1. The fraction of sp³-hybridized carbons (Fsp3) is 0.474. The molecule has 6 heteroatoms. The van der Waals surface area contributed by atoms with Gasteiger partial charge in [0.25, 0.3) is 5.56 Å². The lowest BCUT2D eigenvalue weighted by molar-refractivity contribution is 0.0694. The first-order valence-electron chi connectivity index (χ1n) is 8.75. The van der Waals surface area contributed by atoms with Gasteiger partial charge in [0.1, 0.15) is 11.4 Å². The number of rotatable bonds is 3. The van der Waals surface area contributed by atoms with Crippen LogP contribution in [-0.2, 0) is 0 Å². The van der Waals surface area contributed by atoms with Gasteiger partial charge in [-0.1, -0.05) is 6.92 Å². The lowest BCUT2D eigenvalue weighted by Crippen LogP contribution is -2.28. The van der Waals surface area contributed by atoms with Crippen molar-refractivity contribution in [2.45, 2.75) is 39.2 Å². The molecular formula is C19H21FN2O3. The van der Waals surface area contributed by atoms with Crippen LogP contribution in [0.5, 0.6) is 0 Å². The maximum absolute atomic E-state index is 14.9. The minimum atomic E-state index is -1.27. The molecule has 0 radical (unpaired) electrons. The van der Waals surface area contributed by atoms with Crippen LogP contribution < -0.4 is 10.5 Å². The number of halogens is 1. The summed E-state index contributed by atoms with van der Waals surface area (Å²) in [4.78, 5) is 26.2. The number of benzene rings is 1. The number of anilines is 1. The summed E-state index contributed by atoms with van der Waals surface area (Å²) >= 11 is 0. The van der Waals surface area contributed by atoms with E-state index in [1.165, 1.54) is 12.1 Å². The lowest BCUT2D eigenvalue weighted by Gasteiger charge is -2.24. The van der Waals surface area contributed by atoms with Crippen molar-refractivity contribution in [3.8, 4) is 0 Å². The van der Waals surface area contributed by atoms with Gasteiger partial charge in [-0.25, -0.2) is 9.18 Å². The summed E-state index contributed by atoms with van der Waals surface area (Å²) in [6, 6.07) is 2.71. The van der Waals surface area contributed by atoms with Crippen LogP contribution in [0.25, 0.3) is 10.9 Å². The molecule has 4 rings (SSSR count). The molecule has 1 saturated carbocycles. The Morgan fingerprint density at radius 1 is 1.28 bits per heavy atom. The van der Waals surface area contributed by atoms with Crippen LogP contribution in [0.1, 0.15) is 48.1 Å². The second-order valence-electron chi connectivity index (χ2n) is 7.38. The van der Waals surface area contributed by atoms with Crippen molar-refractivity contribution >= 4 is 22.6 Å². The monoisotopic (exact) mass is 344 g/mol. The fourth-order valence-corrected chi connectivity index (χ4v) is 4.02. The third-order valence-corrected chi connectivity index (χ3v) is 5.36. The van der Waals surface area contributed by atoms with Gasteiger partial charge in [-0.2, -0.15) is 0 Å². The van der Waals surface area contributed by atoms with Crippen molar-refractivity contribution in [3.63, 3.8) is 0 Å². The van der Waals surface area contributed by atoms with E-state index in [2.05, 4.69) is 6.92 Å². The quantitative estimate of drug-likeness (QED) is 0.928. The van der Waals surface area contributed by atoms with Crippen LogP contribution in [0.3, 0.4) is 0 Å². The van der Waals surface area contributed by atoms with E-state index in [0.717, 1.165) is 37.9 Å². The number of fused-ring (bicyclic) bond motifs is 1. The smallest absolute Gasteiger partial charge is 0.341 e. The number of aromatic carboxylic acids is 1. The molecule has 1 aliphatic carbocycles. The van der Waals surface area contributed by atoms with Gasteiger partial charge in [0, 0.05) is 24.5 Å². The summed E-state index contributed by atoms with van der Waals surface area (Å²) in [6.45, 7) is 5.57. The first-order valence-corrected chi connectivity index (χ1v) is 8.75. The number of hydrogen-bond acceptors (Lipinski definition) is 3. The molecule has 1 aromatic carbocycles. The van der Waals surface area contributed by atoms with Gasteiger partial charge in [-0.15, -0.1) is 0 Å². The van der Waals surface area contributed by atoms with E-state index >= 15 is 0 Å². The predicted molar refractivity (Wildman–Crippen MR) is 94.1 cm³/mol. The van der Waals surface area contributed by atoms with Gasteiger partial charge in [0.15, 0.2) is 0 Å². The van der Waals surface area contributed by atoms with Gasteiger partial charge in [-0.05, 0) is 49.8 Å². The minimum absolute atomic E-state index is 0.0174. The van der Waals surface area contributed by atoms with Gasteiger partial charge >= 0.3 is 5.97 Å². The zero-order valence-electron chi connectivity index (χ0n) is 14.4. The third kappa shape index (κ3) is 2.51. The highest BCUT2D eigenvalue weighted by atomic mass is 19.1. The second-order valence-corrected chi connectivity index (χ2v) is 7.38. The van der Waals surface area contributed by atoms with E-state index in [0.29, 0.717) is 22.5 Å². The molecule has 2 aliphatic rings. The normalized spacial score (nSPS) is 20.4. The Morgan fingerprint density at radius 2 is 2.00 bits per heavy atom. The molecule has 0 amide bonds. The topological polar surface area (TPSA) is 62.5 Å². The number of aromatic nitrogens is 1. The van der Waals surface area contributed by atoms with Crippen molar-refractivity contribution in [1.29, 1.82) is 0 Å². The van der Waals surface area contributed by atoms with Crippen molar-refractivity contribution < 1.29 is 14.3 Å². The van der Waals surface area contributed by atoms with Crippen LogP contribution in [0.2, 0.25) is 0 Å². The van der Waals surface area contributed by atoms with E-state index in [1.54, 1.807) is 4.57 Å². The highest BCUT2D eigenvalue weighted by Crippen LogP contribution is 2.40. The number of hydrogen-bond donors (Lipinski definition) is 1. The van der Waals surface area contributed by atoms with E-state index in [-0.39, 0.29) is 17.4 Å². The van der Waals surface area contributed by atoms with Crippen molar-refractivity contribution in [3.05, 3.63) is 39.4 Å². The van der Waals surface area contributed by atoms with E-state index in [9.17, 15) is 19.1 Å². The first-order chi connectivity index (χ1) is 11.9. The van der Waals surface area contributed by atoms with Crippen LogP contribution in [0.15, 0.2) is 16.9 Å². The highest BCUT2D eigenvalue weighted by molar-refractivity contribution is 5.95. The van der Waals surface area contributed by atoms with Crippen molar-refractivity contribution in [2.75, 3.05) is 18.0 Å². The van der Waals surface area contributed by atoms with Gasteiger partial charge < -0.3 is 14.6 Å². The molecule has 1 saturated heterocycles. The van der Waals surface area contributed by atoms with E-state index < -0.39 is 11.5 Å². The summed E-state index contributed by atoms with van der Waals surface area (Å²) in [5.41, 5.74) is 1.17. The zero-order chi connectivity index (χ0) is 17.9. The molecule has 5 nitrogen and oxygen atoms in total. The summed E-state index contributed by atoms with van der Waals surface area (Å²) in [5, 5.41) is 9.81. The Kier molecular flexibility index (Phi) is 3.60. The molecule has 1 atom stereocenters. The Balaban J connectivity index is 2.03. The Hall–Kier alpha value is -2.37. The van der Waals surface area contributed by atoms with Crippen molar-refractivity contribution in [2.24, 2.45) is 5.92 Å². The van der Waals surface area contributed by atoms with Crippen LogP contribution in [-0.4, -0.2) is 28.7 Å². The molecule has 1 unspecified atom stereocenters. The molecule has 25 heavy (non-hydrogen) atoms. The Labute approximate surface area is 144 Å². The average molecular weight is 344 g/mol. The number of nitrogens with zero attached hydrogens (tertiary/aromatic N) is 2. The molecule has 1 N–H and O–H groups in total. The molecule has 2 heterocycles. The maximum Gasteiger partial charge on any atom is 0.341 e. The largest absolute Gasteiger partial charge is 0.477 e. The average Bonchev–Trinajstić information content (AvgIpc) is 3.29. The molecule has 2 aromatic rings. The molecular weight excluding hydrogens is 323 g/mol. The minimum Gasteiger partial charge on any atom is -0.477 e. The predicted octanol–water partition coefficient (Wildman–Crippen LogP) is 3.33. The number of carboxylic acid groups (broad SMARTS) is 1. The van der Waals surface area contributed by atoms with Crippen LogP contribution >= 0.6 is 0 Å². The van der Waals surface area contributed by atoms with Crippen molar-refractivity contribution in [1.82, 2.24) is 4.57 Å². The SMILES string of the molecule is Cc1c(N2CCC(C)C2)c(F)cc2cc(C(=O)O)c(=O)n(C3CC3)c12. The van der Waals surface area contributed by atoms with E-state index in [4.69, 9.17) is 0 Å². The molecule has 0 spiro atoms. The number of carbonyl (C=O) groups is 1. The summed E-state index contributed by atoms with van der Waals surface area (Å²) in [5.74, 6) is -1.11. The molecule has 1 aromatic heterocycles. The lowest BCUT2D eigenvalue weighted by atomic mass is 10.0. The zero-order valence-corrected chi connectivity index (χ0v) is 14.4. The van der Waals surface area contributed by atoms with Gasteiger partial charge in [0.2, 0.25) is 0 Å². The van der Waals surface area contributed by atoms with Crippen LogP contribution in [0, 0.1) is 18.7 Å². The third-order valence-electron chi connectivity index (χ3n) is 5.36. The summed E-state index contributed by atoms with van der Waals surface area (Å²) in [7, 11) is 0. The van der Waals surface area contributed by atoms with Crippen LogP contribution in [0.4, 0.5) is 10.1 Å². The van der Waals surface area contributed by atoms with E-state index in [1.807, 2.05) is 11.8 Å². The van der Waals surface area contributed by atoms with Gasteiger partial charge in [-0.3, -0.25) is 4.79 Å². The Morgan fingerprint density at radius 3 is 2.56 bits per heavy atom. The molecule has 1 aliphatic heterocycles. The van der Waals surface area contributed by atoms with Gasteiger partial charge in [0.05, 0.1) is 11.2 Å². The molecule has 2 fully saturated rings. The highest BCUT2D eigenvalue weighted by Gasteiger charge is 2.31. The Bertz CT molecular complexity index is 946. The molecule has 132 valence electrons. The fourth-order valence-electron chi connectivity index (χ4n) is 4.02. The molecule has 0 bridgehead atoms. The number of carboxylic acids is 1. The summed E-state index contributed by atoms with van der Waals surface area (Å²) < 4.78 is 16.4. The maximum atomic E-state index is 14.9. The summed E-state index contributed by atoms with van der Waals surface area (Å²) in [6.07, 6.45) is 2.72. The number of pyridine rings is 1. The second kappa shape index (κ2) is 5.58. The number of aryl methyl sites for hydroxylation is 1.